The van der Waals surface area contributed by atoms with Crippen LogP contribution in [0, 0.1) is 0 Å². The van der Waals surface area contributed by atoms with Gasteiger partial charge in [-0.3, -0.25) is 4.79 Å². The third-order valence-corrected chi connectivity index (χ3v) is 2.86. The molecule has 5 heteroatoms. The van der Waals surface area contributed by atoms with E-state index in [-0.39, 0.29) is 12.5 Å². The highest BCUT2D eigenvalue weighted by Gasteiger charge is 2.21. The van der Waals surface area contributed by atoms with E-state index >= 15 is 0 Å². The predicted molar refractivity (Wildman–Crippen MR) is 70.2 cm³/mol. The van der Waals surface area contributed by atoms with Crippen molar-refractivity contribution in [3.05, 3.63) is 24.3 Å². The van der Waals surface area contributed by atoms with Crippen LogP contribution in [0.5, 0.6) is 5.75 Å². The van der Waals surface area contributed by atoms with Crippen LogP contribution >= 0.6 is 0 Å². The van der Waals surface area contributed by atoms with Gasteiger partial charge in [-0.1, -0.05) is 6.07 Å². The predicted octanol–water partition coefficient (Wildman–Crippen LogP) is 1.76. The summed E-state index contributed by atoms with van der Waals surface area (Å²) in [7, 11) is 0. The number of rotatable bonds is 5. The van der Waals surface area contributed by atoms with Crippen LogP contribution in [0.15, 0.2) is 24.3 Å². The summed E-state index contributed by atoms with van der Waals surface area (Å²) in [5.41, 5.74) is 0.809. The second-order valence-electron chi connectivity index (χ2n) is 4.24. The van der Waals surface area contributed by atoms with Gasteiger partial charge in [0.25, 0.3) is 0 Å². The molecule has 102 valence electrons. The molecule has 19 heavy (non-hydrogen) atoms. The maximum absolute atomic E-state index is 11.6. The molecule has 0 unspecified atom stereocenters. The van der Waals surface area contributed by atoms with Gasteiger partial charge in [0.05, 0.1) is 6.61 Å². The summed E-state index contributed by atoms with van der Waals surface area (Å²) in [6.07, 6.45) is 1.47. The number of hydrogen-bond donors (Lipinski definition) is 0. The van der Waals surface area contributed by atoms with Crippen molar-refractivity contribution in [1.82, 2.24) is 0 Å². The Hall–Kier alpha value is -2.04. The normalized spacial score (nSPS) is 14.6. The van der Waals surface area contributed by atoms with Crippen LogP contribution in [-0.4, -0.2) is 31.6 Å². The standard InChI is InChI=1S/C14H17NO4/c1-2-18-14(17)10-19-12-6-3-5-11(9-12)15-8-4-7-13(15)16/h3,5-6,9H,2,4,7-8,10H2,1H3. The zero-order valence-corrected chi connectivity index (χ0v) is 10.9. The molecule has 1 aromatic carbocycles. The van der Waals surface area contributed by atoms with Gasteiger partial charge < -0.3 is 14.4 Å². The van der Waals surface area contributed by atoms with E-state index in [4.69, 9.17) is 9.47 Å². The molecule has 0 bridgehead atoms. The molecule has 0 N–H and O–H groups in total. The number of ether oxygens (including phenoxy) is 2. The SMILES string of the molecule is CCOC(=O)COc1cccc(N2CCCC2=O)c1. The number of nitrogens with zero attached hydrogens (tertiary/aromatic N) is 1. The second-order valence-corrected chi connectivity index (χ2v) is 4.24. The molecule has 1 amide bonds. The van der Waals surface area contributed by atoms with Crippen molar-refractivity contribution >= 4 is 17.6 Å². The van der Waals surface area contributed by atoms with Crippen molar-refractivity contribution < 1.29 is 19.1 Å². The Morgan fingerprint density at radius 2 is 2.26 bits per heavy atom. The lowest BCUT2D eigenvalue weighted by Crippen LogP contribution is -2.23. The van der Waals surface area contributed by atoms with Gasteiger partial charge in [-0.2, -0.15) is 0 Å². The van der Waals surface area contributed by atoms with E-state index in [1.165, 1.54) is 0 Å². The van der Waals surface area contributed by atoms with Gasteiger partial charge in [0, 0.05) is 24.7 Å². The van der Waals surface area contributed by atoms with Gasteiger partial charge in [-0.15, -0.1) is 0 Å². The van der Waals surface area contributed by atoms with E-state index in [1.54, 1.807) is 30.0 Å². The van der Waals surface area contributed by atoms with E-state index in [2.05, 4.69) is 0 Å². The summed E-state index contributed by atoms with van der Waals surface area (Å²) in [6.45, 7) is 2.70. The number of amides is 1. The topological polar surface area (TPSA) is 55.8 Å². The molecule has 0 saturated carbocycles. The summed E-state index contributed by atoms with van der Waals surface area (Å²) in [5, 5.41) is 0. The number of carbonyl (C=O) groups is 2. The van der Waals surface area contributed by atoms with Crippen molar-refractivity contribution in [2.45, 2.75) is 19.8 Å². The molecular weight excluding hydrogens is 246 g/mol. The summed E-state index contributed by atoms with van der Waals surface area (Å²) >= 11 is 0. The zero-order chi connectivity index (χ0) is 13.7. The van der Waals surface area contributed by atoms with Crippen LogP contribution in [0.25, 0.3) is 0 Å². The van der Waals surface area contributed by atoms with Crippen LogP contribution in [0.4, 0.5) is 5.69 Å². The van der Waals surface area contributed by atoms with Gasteiger partial charge in [0.2, 0.25) is 5.91 Å². The number of anilines is 1. The first kappa shape index (κ1) is 13.4. The van der Waals surface area contributed by atoms with Crippen LogP contribution in [0.1, 0.15) is 19.8 Å². The van der Waals surface area contributed by atoms with Gasteiger partial charge in [0.1, 0.15) is 5.75 Å². The maximum atomic E-state index is 11.6. The molecule has 5 nitrogen and oxygen atoms in total. The Morgan fingerprint density at radius 3 is 2.95 bits per heavy atom. The fourth-order valence-corrected chi connectivity index (χ4v) is 2.01. The van der Waals surface area contributed by atoms with Crippen molar-refractivity contribution in [3.63, 3.8) is 0 Å². The third-order valence-electron chi connectivity index (χ3n) is 2.86. The molecule has 1 aliphatic heterocycles. The van der Waals surface area contributed by atoms with E-state index in [9.17, 15) is 9.59 Å². The fourth-order valence-electron chi connectivity index (χ4n) is 2.01. The molecule has 0 spiro atoms. The molecule has 0 aliphatic carbocycles. The Morgan fingerprint density at radius 1 is 1.42 bits per heavy atom. The number of carbonyl (C=O) groups excluding carboxylic acids is 2. The Bertz CT molecular complexity index is 472. The lowest BCUT2D eigenvalue weighted by Gasteiger charge is -2.16. The Kier molecular flexibility index (Phi) is 4.39. The smallest absolute Gasteiger partial charge is 0.344 e. The lowest BCUT2D eigenvalue weighted by molar-refractivity contribution is -0.145. The zero-order valence-electron chi connectivity index (χ0n) is 10.9. The summed E-state index contributed by atoms with van der Waals surface area (Å²) < 4.78 is 10.1. The monoisotopic (exact) mass is 263 g/mol. The van der Waals surface area contributed by atoms with Crippen LogP contribution in [-0.2, 0) is 14.3 Å². The van der Waals surface area contributed by atoms with Crippen molar-refractivity contribution in [2.24, 2.45) is 0 Å². The molecule has 2 rings (SSSR count). The minimum absolute atomic E-state index is 0.120. The third kappa shape index (κ3) is 3.47. The highest BCUT2D eigenvalue weighted by molar-refractivity contribution is 5.95. The molecular formula is C14H17NO4. The van der Waals surface area contributed by atoms with Crippen LogP contribution in [0.2, 0.25) is 0 Å². The van der Waals surface area contributed by atoms with E-state index < -0.39 is 5.97 Å². The number of hydrogen-bond acceptors (Lipinski definition) is 4. The lowest BCUT2D eigenvalue weighted by atomic mass is 10.3. The van der Waals surface area contributed by atoms with Crippen molar-refractivity contribution in [3.8, 4) is 5.75 Å². The first-order valence-electron chi connectivity index (χ1n) is 6.39. The van der Waals surface area contributed by atoms with Crippen LogP contribution < -0.4 is 9.64 Å². The molecule has 1 saturated heterocycles. The summed E-state index contributed by atoms with van der Waals surface area (Å²) in [4.78, 5) is 24.6. The van der Waals surface area contributed by atoms with Gasteiger partial charge >= 0.3 is 5.97 Å². The Balaban J connectivity index is 1.99. The van der Waals surface area contributed by atoms with E-state index in [0.717, 1.165) is 18.7 Å². The summed E-state index contributed by atoms with van der Waals surface area (Å²) in [5.74, 6) is 0.290. The Labute approximate surface area is 112 Å². The highest BCUT2D eigenvalue weighted by atomic mass is 16.6. The highest BCUT2D eigenvalue weighted by Crippen LogP contribution is 2.25. The molecule has 0 atom stereocenters. The van der Waals surface area contributed by atoms with Gasteiger partial charge in [0.15, 0.2) is 6.61 Å². The number of esters is 1. The second kappa shape index (κ2) is 6.22. The van der Waals surface area contributed by atoms with Gasteiger partial charge in [-0.25, -0.2) is 4.79 Å². The molecule has 0 aromatic heterocycles. The quantitative estimate of drug-likeness (QED) is 0.759. The molecule has 1 aromatic rings. The first-order chi connectivity index (χ1) is 9.20. The van der Waals surface area contributed by atoms with E-state index in [1.807, 2.05) is 6.07 Å². The maximum Gasteiger partial charge on any atom is 0.344 e. The molecule has 1 fully saturated rings. The minimum Gasteiger partial charge on any atom is -0.482 e. The van der Waals surface area contributed by atoms with Crippen LogP contribution in [0.3, 0.4) is 0 Å². The summed E-state index contributed by atoms with van der Waals surface area (Å²) in [6, 6.07) is 7.19. The van der Waals surface area contributed by atoms with E-state index in [0.29, 0.717) is 18.8 Å². The van der Waals surface area contributed by atoms with Crippen molar-refractivity contribution in [1.29, 1.82) is 0 Å². The van der Waals surface area contributed by atoms with Crippen molar-refractivity contribution in [2.75, 3.05) is 24.7 Å². The average Bonchev–Trinajstić information content (AvgIpc) is 2.83. The largest absolute Gasteiger partial charge is 0.482 e. The average molecular weight is 263 g/mol. The molecule has 1 aliphatic rings. The first-order valence-corrected chi connectivity index (χ1v) is 6.39. The minimum atomic E-state index is -0.398. The molecule has 1 heterocycles. The molecule has 0 radical (unpaired) electrons. The number of benzene rings is 1. The van der Waals surface area contributed by atoms with Gasteiger partial charge in [-0.05, 0) is 25.5 Å². The fraction of sp³-hybridized carbons (Fsp3) is 0.429.